The third-order valence-corrected chi connectivity index (χ3v) is 4.34. The highest BCUT2D eigenvalue weighted by Crippen LogP contribution is 2.12. The number of unbranched alkanes of at least 4 members (excludes halogenated alkanes) is 10. The summed E-state index contributed by atoms with van der Waals surface area (Å²) in [6, 6.07) is 0. The van der Waals surface area contributed by atoms with Gasteiger partial charge in [-0.15, -0.1) is 0 Å². The normalized spacial score (nSPS) is 11.5. The van der Waals surface area contributed by atoms with Crippen molar-refractivity contribution < 1.29 is 14.7 Å². The Labute approximate surface area is 152 Å². The second-order valence-electron chi connectivity index (χ2n) is 6.66. The molecule has 0 atom stereocenters. The number of hydrogen-bond acceptors (Lipinski definition) is 5. The molecule has 0 aromatic rings. The molecule has 0 aliphatic carbocycles. The fourth-order valence-electron chi connectivity index (χ4n) is 2.68. The Bertz CT molecular complexity index is 397. The summed E-state index contributed by atoms with van der Waals surface area (Å²) in [5, 5.41) is 9.51. The summed E-state index contributed by atoms with van der Waals surface area (Å²) in [6.45, 7) is 2.35. The molecule has 5 N–H and O–H groups in total. The third kappa shape index (κ3) is 13.4. The van der Waals surface area contributed by atoms with Gasteiger partial charge in [0, 0.05) is 19.4 Å². The molecule has 0 bridgehead atoms. The second-order valence-corrected chi connectivity index (χ2v) is 6.66. The molecule has 146 valence electrons. The van der Waals surface area contributed by atoms with E-state index in [9.17, 15) is 9.59 Å². The largest absolute Gasteiger partial charge is 0.513 e. The molecular weight excluding hydrogens is 318 g/mol. The zero-order valence-corrected chi connectivity index (χ0v) is 15.8. The van der Waals surface area contributed by atoms with Crippen LogP contribution in [0.15, 0.2) is 12.0 Å². The summed E-state index contributed by atoms with van der Waals surface area (Å²) in [6.07, 6.45) is 15.0. The molecule has 0 aromatic carbocycles. The maximum absolute atomic E-state index is 11.8. The van der Waals surface area contributed by atoms with Crippen LogP contribution in [0.1, 0.15) is 90.4 Å². The molecule has 6 nitrogen and oxygen atoms in total. The van der Waals surface area contributed by atoms with Gasteiger partial charge in [0.1, 0.15) is 17.7 Å². The Morgan fingerprint density at radius 1 is 0.880 bits per heavy atom. The predicted octanol–water partition coefficient (Wildman–Crippen LogP) is 3.71. The molecule has 0 saturated carbocycles. The average Bonchev–Trinajstić information content (AvgIpc) is 2.62. The molecule has 0 radical (unpaired) electrons. The molecule has 6 heteroatoms. The first kappa shape index (κ1) is 23.4. The summed E-state index contributed by atoms with van der Waals surface area (Å²) in [5.74, 6) is 4.93. The number of hydrazine groups is 1. The van der Waals surface area contributed by atoms with Gasteiger partial charge < -0.3 is 10.8 Å². The number of rotatable bonds is 16. The lowest BCUT2D eigenvalue weighted by Crippen LogP contribution is -2.41. The number of carbonyl (C=O) groups excluding carboxylic acids is 2. The van der Waals surface area contributed by atoms with Gasteiger partial charge in [-0.3, -0.25) is 14.6 Å². The van der Waals surface area contributed by atoms with Crippen LogP contribution in [0.25, 0.3) is 0 Å². The number of aliphatic hydroxyl groups is 1. The maximum atomic E-state index is 11.8. The van der Waals surface area contributed by atoms with Crippen molar-refractivity contribution in [2.45, 2.75) is 90.4 Å². The van der Waals surface area contributed by atoms with Gasteiger partial charge in [-0.1, -0.05) is 71.1 Å². The van der Waals surface area contributed by atoms with Gasteiger partial charge in [0.25, 0.3) is 5.91 Å². The highest BCUT2D eigenvalue weighted by molar-refractivity contribution is 5.92. The standard InChI is InChI=1S/C19H37N3O3/c1-2-3-4-5-6-7-8-9-10-11-12-13-17(24)14-15-22(21)19(25)18(20)16-23/h16,23H,2-15,20-21H2,1H3. The molecule has 0 aliphatic heterocycles. The van der Waals surface area contributed by atoms with Gasteiger partial charge in [-0.2, -0.15) is 0 Å². The van der Waals surface area contributed by atoms with Gasteiger partial charge in [0.2, 0.25) is 0 Å². The highest BCUT2D eigenvalue weighted by Gasteiger charge is 2.13. The molecule has 25 heavy (non-hydrogen) atoms. The van der Waals surface area contributed by atoms with Crippen LogP contribution in [0.3, 0.4) is 0 Å². The summed E-state index contributed by atoms with van der Waals surface area (Å²) >= 11 is 0. The lowest BCUT2D eigenvalue weighted by Gasteiger charge is -2.15. The summed E-state index contributed by atoms with van der Waals surface area (Å²) < 4.78 is 0. The van der Waals surface area contributed by atoms with Gasteiger partial charge in [-0.25, -0.2) is 5.84 Å². The van der Waals surface area contributed by atoms with E-state index in [4.69, 9.17) is 16.7 Å². The van der Waals surface area contributed by atoms with Crippen LogP contribution in [-0.4, -0.2) is 28.4 Å². The monoisotopic (exact) mass is 355 g/mol. The average molecular weight is 356 g/mol. The van der Waals surface area contributed by atoms with E-state index in [-0.39, 0.29) is 24.4 Å². The van der Waals surface area contributed by atoms with Gasteiger partial charge in [-0.05, 0) is 6.42 Å². The van der Waals surface area contributed by atoms with Crippen LogP contribution in [0.4, 0.5) is 0 Å². The fraction of sp³-hybridized carbons (Fsp3) is 0.789. The first-order valence-electron chi connectivity index (χ1n) is 9.71. The van der Waals surface area contributed by atoms with Crippen LogP contribution in [0.5, 0.6) is 0 Å². The quantitative estimate of drug-likeness (QED) is 0.0976. The molecule has 0 unspecified atom stereocenters. The van der Waals surface area contributed by atoms with E-state index in [1.807, 2.05) is 0 Å². The fourth-order valence-corrected chi connectivity index (χ4v) is 2.68. The molecule has 0 saturated heterocycles. The number of nitrogens with zero attached hydrogens (tertiary/aromatic N) is 1. The van der Waals surface area contributed by atoms with Crippen molar-refractivity contribution in [3.63, 3.8) is 0 Å². The van der Waals surface area contributed by atoms with E-state index in [0.29, 0.717) is 12.7 Å². The van der Waals surface area contributed by atoms with E-state index >= 15 is 0 Å². The van der Waals surface area contributed by atoms with E-state index < -0.39 is 5.91 Å². The summed E-state index contributed by atoms with van der Waals surface area (Å²) in [5.41, 5.74) is 4.92. The summed E-state index contributed by atoms with van der Waals surface area (Å²) in [7, 11) is 0. The lowest BCUT2D eigenvalue weighted by atomic mass is 10.0. The van der Waals surface area contributed by atoms with Crippen molar-refractivity contribution >= 4 is 11.7 Å². The third-order valence-electron chi connectivity index (χ3n) is 4.34. The minimum absolute atomic E-state index is 0.103. The van der Waals surface area contributed by atoms with Crippen molar-refractivity contribution in [2.75, 3.05) is 6.54 Å². The zero-order chi connectivity index (χ0) is 18.9. The first-order chi connectivity index (χ1) is 12.0. The summed E-state index contributed by atoms with van der Waals surface area (Å²) in [4.78, 5) is 23.3. The molecule has 0 fully saturated rings. The molecule has 0 heterocycles. The number of hydrogen-bond donors (Lipinski definition) is 3. The number of ketones is 1. The highest BCUT2D eigenvalue weighted by atomic mass is 16.2. The van der Waals surface area contributed by atoms with Crippen LogP contribution in [0.2, 0.25) is 0 Å². The van der Waals surface area contributed by atoms with E-state index in [0.717, 1.165) is 17.9 Å². The van der Waals surface area contributed by atoms with Gasteiger partial charge >= 0.3 is 0 Å². The number of carbonyl (C=O) groups is 2. The number of nitrogens with two attached hydrogens (primary N) is 2. The van der Waals surface area contributed by atoms with Crippen LogP contribution >= 0.6 is 0 Å². The van der Waals surface area contributed by atoms with Crippen molar-refractivity contribution in [3.8, 4) is 0 Å². The lowest BCUT2D eigenvalue weighted by molar-refractivity contribution is -0.128. The van der Waals surface area contributed by atoms with Crippen LogP contribution in [-0.2, 0) is 9.59 Å². The molecule has 0 spiro atoms. The molecule has 1 amide bonds. The van der Waals surface area contributed by atoms with Crippen LogP contribution < -0.4 is 11.6 Å². The van der Waals surface area contributed by atoms with Crippen LogP contribution in [0, 0.1) is 0 Å². The van der Waals surface area contributed by atoms with Crippen molar-refractivity contribution in [1.29, 1.82) is 0 Å². The zero-order valence-electron chi connectivity index (χ0n) is 15.8. The van der Waals surface area contributed by atoms with Crippen molar-refractivity contribution in [2.24, 2.45) is 11.6 Å². The Morgan fingerprint density at radius 3 is 1.84 bits per heavy atom. The van der Waals surface area contributed by atoms with E-state index in [1.54, 1.807) is 0 Å². The maximum Gasteiger partial charge on any atom is 0.286 e. The number of Topliss-reactive ketones (excluding diaryl/α,β-unsaturated/α-hetero) is 1. The molecule has 0 rings (SSSR count). The van der Waals surface area contributed by atoms with E-state index in [2.05, 4.69) is 6.92 Å². The molecule has 0 aliphatic rings. The topological polar surface area (TPSA) is 110 Å². The Balaban J connectivity index is 3.48. The Hall–Kier alpha value is -1.56. The van der Waals surface area contributed by atoms with Crippen molar-refractivity contribution in [1.82, 2.24) is 5.01 Å². The predicted molar refractivity (Wildman–Crippen MR) is 102 cm³/mol. The number of amides is 1. The minimum Gasteiger partial charge on any atom is -0.513 e. The SMILES string of the molecule is CCCCCCCCCCCCCC(=O)CCN(N)C(=O)C(N)=CO. The Kier molecular flexibility index (Phi) is 14.9. The van der Waals surface area contributed by atoms with E-state index in [1.165, 1.54) is 57.8 Å². The Morgan fingerprint density at radius 2 is 1.36 bits per heavy atom. The van der Waals surface area contributed by atoms with Gasteiger partial charge in [0.15, 0.2) is 0 Å². The van der Waals surface area contributed by atoms with Gasteiger partial charge in [0.05, 0.1) is 0 Å². The van der Waals surface area contributed by atoms with Crippen molar-refractivity contribution in [3.05, 3.63) is 12.0 Å². The second kappa shape index (κ2) is 15.9. The number of aliphatic hydroxyl groups excluding tert-OH is 1. The minimum atomic E-state index is -0.676. The molecule has 0 aromatic heterocycles. The smallest absolute Gasteiger partial charge is 0.286 e. The first-order valence-corrected chi connectivity index (χ1v) is 9.71. The molecular formula is C19H37N3O3.